The molecule has 3 rings (SSSR count). The van der Waals surface area contributed by atoms with E-state index in [1.54, 1.807) is 24.4 Å². The van der Waals surface area contributed by atoms with Gasteiger partial charge in [0.05, 0.1) is 16.3 Å². The Kier molecular flexibility index (Phi) is 6.90. The van der Waals surface area contributed by atoms with E-state index in [0.29, 0.717) is 22.6 Å². The number of aromatic nitrogens is 1. The average molecular weight is 428 g/mol. The number of halogens is 2. The highest BCUT2D eigenvalue weighted by Crippen LogP contribution is 2.33. The van der Waals surface area contributed by atoms with Gasteiger partial charge in [-0.15, -0.1) is 6.42 Å². The first kappa shape index (κ1) is 20.5. The Morgan fingerprint density at radius 3 is 2.72 bits per heavy atom. The van der Waals surface area contributed by atoms with Gasteiger partial charge in [-0.3, -0.25) is 9.78 Å². The number of rotatable bonds is 7. The molecular weight excluding hydrogens is 413 g/mol. The number of hydrogen-bond donors (Lipinski definition) is 1. The number of amides is 1. The van der Waals surface area contributed by atoms with Crippen LogP contribution in [0.1, 0.15) is 5.56 Å². The minimum absolute atomic E-state index is 0.0507. The lowest BCUT2D eigenvalue weighted by molar-refractivity contribution is -0.123. The Morgan fingerprint density at radius 2 is 1.97 bits per heavy atom. The molecule has 0 unspecified atom stereocenters. The lowest BCUT2D eigenvalue weighted by Gasteiger charge is -2.08. The highest BCUT2D eigenvalue weighted by molar-refractivity contribution is 6.37. The van der Waals surface area contributed by atoms with Crippen molar-refractivity contribution in [1.29, 1.82) is 0 Å². The molecule has 0 aliphatic rings. The van der Waals surface area contributed by atoms with E-state index in [2.05, 4.69) is 21.4 Å². The number of ether oxygens (including phenoxy) is 2. The Labute approximate surface area is 177 Å². The van der Waals surface area contributed by atoms with Crippen molar-refractivity contribution in [3.8, 4) is 23.8 Å². The van der Waals surface area contributed by atoms with Crippen LogP contribution >= 0.6 is 23.2 Å². The molecule has 0 fully saturated rings. The number of para-hydroxylation sites is 1. The summed E-state index contributed by atoms with van der Waals surface area (Å²) >= 11 is 12.2. The van der Waals surface area contributed by atoms with Crippen molar-refractivity contribution in [1.82, 2.24) is 10.4 Å². The summed E-state index contributed by atoms with van der Waals surface area (Å²) < 4.78 is 10.8. The lowest BCUT2D eigenvalue weighted by Crippen LogP contribution is -2.24. The molecule has 2 aromatic carbocycles. The molecule has 1 heterocycles. The summed E-state index contributed by atoms with van der Waals surface area (Å²) in [6.45, 7) is -0.164. The fourth-order valence-electron chi connectivity index (χ4n) is 2.45. The summed E-state index contributed by atoms with van der Waals surface area (Å²) in [5, 5.41) is 5.37. The van der Waals surface area contributed by atoms with Gasteiger partial charge in [0.25, 0.3) is 5.91 Å². The van der Waals surface area contributed by atoms with Crippen LogP contribution in [0, 0.1) is 12.3 Å². The fourth-order valence-corrected chi connectivity index (χ4v) is 3.07. The molecule has 8 heteroatoms. The summed E-state index contributed by atoms with van der Waals surface area (Å²) in [7, 11) is 0. The molecule has 0 aliphatic heterocycles. The van der Waals surface area contributed by atoms with Crippen LogP contribution in [-0.4, -0.2) is 30.3 Å². The van der Waals surface area contributed by atoms with Crippen LogP contribution in [0.5, 0.6) is 11.5 Å². The monoisotopic (exact) mass is 427 g/mol. The number of carbonyl (C=O) groups is 1. The second kappa shape index (κ2) is 9.78. The maximum atomic E-state index is 12.0. The molecular formula is C21H15Cl2N3O3. The van der Waals surface area contributed by atoms with Crippen LogP contribution in [-0.2, 0) is 4.79 Å². The molecule has 29 heavy (non-hydrogen) atoms. The second-order valence-corrected chi connectivity index (χ2v) is 6.53. The van der Waals surface area contributed by atoms with Crippen molar-refractivity contribution in [2.75, 3.05) is 13.2 Å². The van der Waals surface area contributed by atoms with Gasteiger partial charge in [-0.25, -0.2) is 5.43 Å². The molecule has 1 aromatic heterocycles. The zero-order valence-corrected chi connectivity index (χ0v) is 16.6. The molecule has 0 bridgehead atoms. The van der Waals surface area contributed by atoms with Gasteiger partial charge in [-0.2, -0.15) is 5.10 Å². The number of hydrazone groups is 1. The predicted molar refractivity (Wildman–Crippen MR) is 114 cm³/mol. The average Bonchev–Trinajstić information content (AvgIpc) is 2.71. The number of fused-ring (bicyclic) bond motifs is 1. The number of nitrogens with one attached hydrogen (secondary N) is 1. The van der Waals surface area contributed by atoms with E-state index in [1.807, 2.05) is 24.3 Å². The van der Waals surface area contributed by atoms with Crippen molar-refractivity contribution < 1.29 is 14.3 Å². The third-order valence-corrected chi connectivity index (χ3v) is 4.24. The van der Waals surface area contributed by atoms with Crippen LogP contribution in [0.25, 0.3) is 10.9 Å². The van der Waals surface area contributed by atoms with Gasteiger partial charge in [0, 0.05) is 11.6 Å². The Balaban J connectivity index is 1.58. The largest absolute Gasteiger partial charge is 0.481 e. The first-order valence-electron chi connectivity index (χ1n) is 8.42. The van der Waals surface area contributed by atoms with Gasteiger partial charge in [0.1, 0.15) is 17.9 Å². The van der Waals surface area contributed by atoms with Crippen molar-refractivity contribution in [2.45, 2.75) is 0 Å². The molecule has 1 amide bonds. The Hall–Kier alpha value is -3.27. The molecule has 3 aromatic rings. The number of benzene rings is 2. The zero-order valence-electron chi connectivity index (χ0n) is 15.1. The molecule has 0 spiro atoms. The van der Waals surface area contributed by atoms with Gasteiger partial charge >= 0.3 is 0 Å². The second-order valence-electron chi connectivity index (χ2n) is 5.72. The van der Waals surface area contributed by atoms with E-state index >= 15 is 0 Å². The third kappa shape index (κ3) is 5.38. The van der Waals surface area contributed by atoms with Crippen molar-refractivity contribution in [3.05, 3.63) is 64.3 Å². The maximum Gasteiger partial charge on any atom is 0.277 e. The number of hydrogen-bond acceptors (Lipinski definition) is 5. The molecule has 1 N–H and O–H groups in total. The van der Waals surface area contributed by atoms with Crippen LogP contribution in [0.3, 0.4) is 0 Å². The number of nitrogens with zero attached hydrogens (tertiary/aromatic N) is 2. The fraction of sp³-hybridized carbons (Fsp3) is 0.0952. The number of carbonyl (C=O) groups excluding carboxylic acids is 1. The zero-order chi connectivity index (χ0) is 20.6. The van der Waals surface area contributed by atoms with Crippen LogP contribution in [0.4, 0.5) is 0 Å². The number of pyridine rings is 1. The summed E-state index contributed by atoms with van der Waals surface area (Å²) in [4.78, 5) is 16.3. The lowest BCUT2D eigenvalue weighted by atomic mass is 10.2. The molecule has 0 saturated heterocycles. The highest BCUT2D eigenvalue weighted by atomic mass is 35.5. The predicted octanol–water partition coefficient (Wildman–Crippen LogP) is 4.08. The normalized spacial score (nSPS) is 10.7. The molecule has 146 valence electrons. The van der Waals surface area contributed by atoms with E-state index in [4.69, 9.17) is 39.1 Å². The van der Waals surface area contributed by atoms with Gasteiger partial charge < -0.3 is 9.47 Å². The number of terminal acetylenes is 1. The van der Waals surface area contributed by atoms with E-state index in [-0.39, 0.29) is 23.3 Å². The molecule has 0 aliphatic carbocycles. The van der Waals surface area contributed by atoms with Crippen LogP contribution in [0.2, 0.25) is 10.0 Å². The first-order valence-corrected chi connectivity index (χ1v) is 9.18. The summed E-state index contributed by atoms with van der Waals surface area (Å²) in [5.41, 5.74) is 3.64. The molecule has 0 atom stereocenters. The Morgan fingerprint density at radius 1 is 1.21 bits per heavy atom. The minimum atomic E-state index is -0.430. The van der Waals surface area contributed by atoms with E-state index in [0.717, 1.165) is 5.39 Å². The van der Waals surface area contributed by atoms with Crippen molar-refractivity contribution >= 4 is 46.2 Å². The topological polar surface area (TPSA) is 72.8 Å². The van der Waals surface area contributed by atoms with Gasteiger partial charge in [0.15, 0.2) is 12.4 Å². The SMILES string of the molecule is C#CCOc1c(Cl)cc(/C=N/NC(=O)COc2cccc3cccnc23)cc1Cl. The van der Waals surface area contributed by atoms with E-state index in [1.165, 1.54) is 6.21 Å². The molecule has 0 radical (unpaired) electrons. The third-order valence-electron chi connectivity index (χ3n) is 3.68. The molecule has 6 nitrogen and oxygen atoms in total. The van der Waals surface area contributed by atoms with E-state index in [9.17, 15) is 4.79 Å². The Bertz CT molecular complexity index is 1080. The van der Waals surface area contributed by atoms with Gasteiger partial charge in [-0.05, 0) is 29.8 Å². The van der Waals surface area contributed by atoms with Crippen molar-refractivity contribution in [2.24, 2.45) is 5.10 Å². The summed E-state index contributed by atoms with van der Waals surface area (Å²) in [6.07, 6.45) is 8.22. The van der Waals surface area contributed by atoms with Crippen LogP contribution < -0.4 is 14.9 Å². The molecule has 0 saturated carbocycles. The van der Waals surface area contributed by atoms with Gasteiger partial charge in [0.2, 0.25) is 0 Å². The summed E-state index contributed by atoms with van der Waals surface area (Å²) in [6, 6.07) is 12.4. The highest BCUT2D eigenvalue weighted by Gasteiger charge is 2.09. The first-order chi connectivity index (χ1) is 14.1. The summed E-state index contributed by atoms with van der Waals surface area (Å²) in [5.74, 6) is 2.72. The van der Waals surface area contributed by atoms with Crippen LogP contribution in [0.15, 0.2) is 53.8 Å². The standard InChI is InChI=1S/C21H15Cl2N3O3/c1-2-9-28-21-16(22)10-14(11-17(21)23)12-25-26-19(27)13-29-18-7-3-5-15-6-4-8-24-20(15)18/h1,3-8,10-12H,9,13H2,(H,26,27)/b25-12+. The van der Waals surface area contributed by atoms with E-state index < -0.39 is 5.91 Å². The van der Waals surface area contributed by atoms with Gasteiger partial charge in [-0.1, -0.05) is 47.3 Å². The minimum Gasteiger partial charge on any atom is -0.481 e. The smallest absolute Gasteiger partial charge is 0.277 e. The maximum absolute atomic E-state index is 12.0. The quantitative estimate of drug-likeness (QED) is 0.350. The van der Waals surface area contributed by atoms with Crippen molar-refractivity contribution in [3.63, 3.8) is 0 Å².